The first-order valence-electron chi connectivity index (χ1n) is 7.09. The predicted octanol–water partition coefficient (Wildman–Crippen LogP) is -3.54. The molecule has 0 radical (unpaired) electrons. The van der Waals surface area contributed by atoms with Gasteiger partial charge in [-0.2, -0.15) is 4.98 Å². The first-order valence-corrected chi connectivity index (χ1v) is 7.09. The highest BCUT2D eigenvalue weighted by Gasteiger charge is 2.48. The fourth-order valence-electron chi connectivity index (χ4n) is 2.91. The van der Waals surface area contributed by atoms with Crippen molar-refractivity contribution in [3.8, 4) is 0 Å². The van der Waals surface area contributed by atoms with Crippen molar-refractivity contribution in [3.63, 3.8) is 0 Å². The lowest BCUT2D eigenvalue weighted by molar-refractivity contribution is -0.135. The molecular formula is C12H17N5O7. The largest absolute Gasteiger partial charge is 0.480 e. The number of H-pyrrole nitrogens is 1. The van der Waals surface area contributed by atoms with Gasteiger partial charge >= 0.3 is 5.97 Å². The molecule has 1 aromatic rings. The number of carbonyl (C=O) groups is 1. The van der Waals surface area contributed by atoms with Crippen LogP contribution in [0.4, 0.5) is 17.5 Å². The average Bonchev–Trinajstić information content (AvgIpc) is 2.98. The molecule has 3 rings (SSSR count). The number of aromatic nitrogens is 2. The van der Waals surface area contributed by atoms with Crippen molar-refractivity contribution < 1.29 is 30.0 Å². The molecule has 1 aromatic heterocycles. The maximum absolute atomic E-state index is 12.1. The molecule has 0 bridgehead atoms. The molecule has 1 fully saturated rings. The number of aliphatic carboxylic acids is 1. The van der Waals surface area contributed by atoms with E-state index in [1.54, 1.807) is 0 Å². The van der Waals surface area contributed by atoms with Crippen molar-refractivity contribution in [1.82, 2.24) is 9.97 Å². The van der Waals surface area contributed by atoms with Crippen LogP contribution in [0.3, 0.4) is 0 Å². The van der Waals surface area contributed by atoms with Gasteiger partial charge in [0, 0.05) is 0 Å². The lowest BCUT2D eigenvalue weighted by atomic mass is 10.1. The van der Waals surface area contributed by atoms with Crippen LogP contribution in [-0.2, 0) is 9.53 Å². The molecule has 3 heterocycles. The zero-order valence-electron chi connectivity index (χ0n) is 12.4. The maximum Gasteiger partial charge on any atom is 0.323 e. The van der Waals surface area contributed by atoms with Crippen molar-refractivity contribution >= 4 is 23.4 Å². The van der Waals surface area contributed by atoms with Crippen LogP contribution in [0, 0.1) is 0 Å². The molecule has 2 aliphatic rings. The standard InChI is InChI=1S/C12H17N5O7/c13-12-14-9-6(10(23)15-12)16(1-5(19)20)3-17(9)11-8(22)7(21)4(2-18)24-11/h4,7-8,11,18,21-22H,1-3H2,(H,19,20)(H3,13,14,15,23)/t4-,7-,8-,11-/m1/s1. The van der Waals surface area contributed by atoms with Gasteiger partial charge in [0.2, 0.25) is 5.95 Å². The van der Waals surface area contributed by atoms with Gasteiger partial charge in [-0.3, -0.25) is 14.6 Å². The van der Waals surface area contributed by atoms with E-state index in [2.05, 4.69) is 9.97 Å². The number of ether oxygens (including phenoxy) is 1. The Balaban J connectivity index is 2.00. The van der Waals surface area contributed by atoms with Crippen LogP contribution in [0.5, 0.6) is 0 Å². The number of aliphatic hydroxyl groups is 3. The number of nitrogens with two attached hydrogens (primary N) is 1. The van der Waals surface area contributed by atoms with E-state index in [0.29, 0.717) is 0 Å². The number of nitrogen functional groups attached to an aromatic ring is 1. The molecule has 24 heavy (non-hydrogen) atoms. The summed E-state index contributed by atoms with van der Waals surface area (Å²) in [6.45, 7) is -1.11. The van der Waals surface area contributed by atoms with E-state index < -0.39 is 49.2 Å². The minimum Gasteiger partial charge on any atom is -0.480 e. The van der Waals surface area contributed by atoms with Crippen molar-refractivity contribution in [2.75, 3.05) is 35.4 Å². The van der Waals surface area contributed by atoms with E-state index in [9.17, 15) is 24.9 Å². The van der Waals surface area contributed by atoms with Crippen LogP contribution >= 0.6 is 0 Å². The van der Waals surface area contributed by atoms with Crippen LogP contribution in [0.2, 0.25) is 0 Å². The van der Waals surface area contributed by atoms with Gasteiger partial charge in [0.05, 0.1) is 13.3 Å². The number of nitrogens with zero attached hydrogens (tertiary/aromatic N) is 3. The number of fused-ring (bicyclic) bond motifs is 1. The summed E-state index contributed by atoms with van der Waals surface area (Å²) in [5.41, 5.74) is 4.88. The third-order valence-electron chi connectivity index (χ3n) is 3.96. The second-order valence-corrected chi connectivity index (χ2v) is 5.56. The molecular weight excluding hydrogens is 326 g/mol. The number of carboxylic acid groups (broad SMARTS) is 1. The van der Waals surface area contributed by atoms with E-state index in [0.717, 1.165) is 0 Å². The maximum atomic E-state index is 12.1. The van der Waals surface area contributed by atoms with Crippen LogP contribution < -0.4 is 21.1 Å². The van der Waals surface area contributed by atoms with E-state index in [4.69, 9.17) is 15.6 Å². The highest BCUT2D eigenvalue weighted by molar-refractivity contribution is 5.80. The van der Waals surface area contributed by atoms with Gasteiger partial charge in [-0.25, -0.2) is 0 Å². The van der Waals surface area contributed by atoms with E-state index in [-0.39, 0.29) is 24.1 Å². The SMILES string of the molecule is Nc1nc2c(c(=O)[nH]1)N(CC(=O)O)CN2[C@@H]1O[C@H](CO)[C@@H](O)[C@H]1O. The molecule has 12 heteroatoms. The fourth-order valence-corrected chi connectivity index (χ4v) is 2.91. The highest BCUT2D eigenvalue weighted by atomic mass is 16.6. The topological polar surface area (TPSA) is 185 Å². The van der Waals surface area contributed by atoms with Gasteiger partial charge in [0.1, 0.15) is 30.5 Å². The summed E-state index contributed by atoms with van der Waals surface area (Å²) in [4.78, 5) is 32.0. The second-order valence-electron chi connectivity index (χ2n) is 5.56. The normalized spacial score (nSPS) is 29.1. The zero-order valence-corrected chi connectivity index (χ0v) is 12.4. The Hall–Kier alpha value is -2.41. The Morgan fingerprint density at radius 1 is 1.42 bits per heavy atom. The molecule has 4 atom stereocenters. The first-order chi connectivity index (χ1) is 11.3. The fraction of sp³-hybridized carbons (Fsp3) is 0.583. The number of aliphatic hydroxyl groups excluding tert-OH is 3. The summed E-state index contributed by atoms with van der Waals surface area (Å²) < 4.78 is 5.42. The summed E-state index contributed by atoms with van der Waals surface area (Å²) in [7, 11) is 0. The molecule has 0 spiro atoms. The van der Waals surface area contributed by atoms with Crippen LogP contribution in [0.25, 0.3) is 0 Å². The van der Waals surface area contributed by atoms with Crippen molar-refractivity contribution in [2.45, 2.75) is 24.5 Å². The minimum atomic E-state index is -1.39. The van der Waals surface area contributed by atoms with Gasteiger partial charge in [0.25, 0.3) is 5.56 Å². The Bertz CT molecular complexity index is 710. The van der Waals surface area contributed by atoms with Gasteiger partial charge in [0.15, 0.2) is 12.0 Å². The van der Waals surface area contributed by atoms with Crippen LogP contribution in [-0.4, -0.2) is 80.7 Å². The molecule has 0 unspecified atom stereocenters. The number of nitrogens with one attached hydrogen (secondary N) is 1. The van der Waals surface area contributed by atoms with E-state index in [1.165, 1.54) is 9.80 Å². The molecule has 0 amide bonds. The average molecular weight is 343 g/mol. The van der Waals surface area contributed by atoms with Crippen LogP contribution in [0.15, 0.2) is 4.79 Å². The molecule has 1 saturated heterocycles. The highest BCUT2D eigenvalue weighted by Crippen LogP contribution is 2.36. The van der Waals surface area contributed by atoms with E-state index in [1.807, 2.05) is 0 Å². The molecule has 12 nitrogen and oxygen atoms in total. The molecule has 2 aliphatic heterocycles. The predicted molar refractivity (Wildman–Crippen MR) is 79.4 cm³/mol. The van der Waals surface area contributed by atoms with Crippen LogP contribution in [0.1, 0.15) is 0 Å². The Kier molecular flexibility index (Phi) is 4.04. The van der Waals surface area contributed by atoms with Gasteiger partial charge in [-0.15, -0.1) is 0 Å². The zero-order chi connectivity index (χ0) is 17.6. The molecule has 0 aromatic carbocycles. The smallest absolute Gasteiger partial charge is 0.323 e. The Morgan fingerprint density at radius 2 is 2.12 bits per heavy atom. The Labute approximate surface area is 134 Å². The summed E-state index contributed by atoms with van der Waals surface area (Å²) in [5, 5.41) is 38.2. The molecule has 0 saturated carbocycles. The number of rotatable bonds is 4. The number of anilines is 3. The van der Waals surface area contributed by atoms with Crippen molar-refractivity contribution in [2.24, 2.45) is 0 Å². The summed E-state index contributed by atoms with van der Waals surface area (Å²) >= 11 is 0. The van der Waals surface area contributed by atoms with Crippen molar-refractivity contribution in [1.29, 1.82) is 0 Å². The first kappa shape index (κ1) is 16.4. The minimum absolute atomic E-state index is 0.0238. The molecule has 7 N–H and O–H groups in total. The second kappa shape index (κ2) is 5.90. The summed E-state index contributed by atoms with van der Waals surface area (Å²) in [6, 6.07) is 0. The van der Waals surface area contributed by atoms with Crippen molar-refractivity contribution in [3.05, 3.63) is 10.4 Å². The number of aromatic amines is 1. The quantitative estimate of drug-likeness (QED) is 0.318. The number of carboxylic acids is 1. The monoisotopic (exact) mass is 343 g/mol. The third-order valence-corrected chi connectivity index (χ3v) is 3.96. The van der Waals surface area contributed by atoms with Gasteiger partial charge < -0.3 is 40.7 Å². The number of hydrogen-bond acceptors (Lipinski definition) is 10. The third kappa shape index (κ3) is 2.54. The number of hydrogen-bond donors (Lipinski definition) is 6. The lowest BCUT2D eigenvalue weighted by Crippen LogP contribution is -2.46. The molecule has 0 aliphatic carbocycles. The summed E-state index contributed by atoms with van der Waals surface area (Å²) in [5.74, 6) is -1.32. The molecule has 132 valence electrons. The lowest BCUT2D eigenvalue weighted by Gasteiger charge is -2.27. The Morgan fingerprint density at radius 3 is 2.71 bits per heavy atom. The summed E-state index contributed by atoms with van der Waals surface area (Å²) in [6.07, 6.45) is -4.86. The van der Waals surface area contributed by atoms with Gasteiger partial charge in [-0.05, 0) is 0 Å². The van der Waals surface area contributed by atoms with Gasteiger partial charge in [-0.1, -0.05) is 0 Å². The van der Waals surface area contributed by atoms with E-state index >= 15 is 0 Å².